The van der Waals surface area contributed by atoms with Crippen molar-refractivity contribution in [3.63, 3.8) is 0 Å². The van der Waals surface area contributed by atoms with Crippen LogP contribution in [0.5, 0.6) is 5.75 Å². The fourth-order valence-corrected chi connectivity index (χ4v) is 6.18. The maximum Gasteiger partial charge on any atom is 0.220 e. The van der Waals surface area contributed by atoms with Gasteiger partial charge in [-0.3, -0.25) is 9.59 Å². The summed E-state index contributed by atoms with van der Waals surface area (Å²) in [5.41, 5.74) is 2.39. The third-order valence-corrected chi connectivity index (χ3v) is 7.38. The minimum atomic E-state index is -0.257. The fraction of sp³-hybridized carbons (Fsp3) is 0.636. The van der Waals surface area contributed by atoms with E-state index in [4.69, 9.17) is 0 Å². The Hall–Kier alpha value is -1.84. The molecule has 1 amide bonds. The van der Waals surface area contributed by atoms with Crippen molar-refractivity contribution in [3.8, 4) is 5.75 Å². The van der Waals surface area contributed by atoms with Crippen molar-refractivity contribution < 1.29 is 14.7 Å². The van der Waals surface area contributed by atoms with Crippen LogP contribution in [-0.2, 0) is 16.0 Å². The molecule has 0 spiro atoms. The van der Waals surface area contributed by atoms with E-state index in [1.807, 2.05) is 13.0 Å². The van der Waals surface area contributed by atoms with Crippen LogP contribution in [0.3, 0.4) is 0 Å². The molecule has 0 aromatic heterocycles. The molecule has 2 saturated carbocycles. The Kier molecular flexibility index (Phi) is 4.32. The van der Waals surface area contributed by atoms with Gasteiger partial charge in [0.25, 0.3) is 0 Å². The minimum absolute atomic E-state index is 0.00844. The Morgan fingerprint density at radius 2 is 2.15 bits per heavy atom. The Morgan fingerprint density at radius 1 is 1.35 bits per heavy atom. The number of rotatable bonds is 3. The number of hydrogen-bond acceptors (Lipinski definition) is 3. The van der Waals surface area contributed by atoms with Crippen LogP contribution < -0.4 is 5.32 Å². The van der Waals surface area contributed by atoms with Gasteiger partial charge in [-0.2, -0.15) is 0 Å². The van der Waals surface area contributed by atoms with Crippen LogP contribution in [0.25, 0.3) is 0 Å². The third kappa shape index (κ3) is 2.65. The normalized spacial score (nSPS) is 35.4. The molecule has 0 unspecified atom stereocenters. The summed E-state index contributed by atoms with van der Waals surface area (Å²) < 4.78 is 0. The number of phenolic OH excluding ortho intramolecular Hbond substituents is 1. The zero-order chi connectivity index (χ0) is 18.5. The Balaban J connectivity index is 1.59. The summed E-state index contributed by atoms with van der Waals surface area (Å²) in [5, 5.41) is 12.6. The lowest BCUT2D eigenvalue weighted by molar-refractivity contribution is -0.134. The lowest BCUT2D eigenvalue weighted by Crippen LogP contribution is -2.42. The summed E-state index contributed by atoms with van der Waals surface area (Å²) in [6.45, 7) is 4.69. The van der Waals surface area contributed by atoms with Gasteiger partial charge >= 0.3 is 0 Å². The first-order chi connectivity index (χ1) is 12.4. The first kappa shape index (κ1) is 17.6. The molecule has 140 valence electrons. The van der Waals surface area contributed by atoms with E-state index in [2.05, 4.69) is 18.3 Å². The van der Waals surface area contributed by atoms with E-state index < -0.39 is 0 Å². The average molecular weight is 355 g/mol. The Labute approximate surface area is 155 Å². The quantitative estimate of drug-likeness (QED) is 0.871. The van der Waals surface area contributed by atoms with E-state index in [-0.39, 0.29) is 17.2 Å². The lowest BCUT2D eigenvalue weighted by atomic mass is 9.55. The summed E-state index contributed by atoms with van der Waals surface area (Å²) in [7, 11) is 0. The monoisotopic (exact) mass is 355 g/mol. The van der Waals surface area contributed by atoms with Crippen molar-refractivity contribution in [1.82, 2.24) is 5.32 Å². The molecular weight excluding hydrogens is 326 g/mol. The van der Waals surface area contributed by atoms with E-state index >= 15 is 0 Å². The zero-order valence-corrected chi connectivity index (χ0v) is 15.8. The Morgan fingerprint density at radius 3 is 2.92 bits per heavy atom. The molecule has 3 aliphatic carbocycles. The minimum Gasteiger partial charge on any atom is -0.508 e. The Bertz CT molecular complexity index is 743. The topological polar surface area (TPSA) is 66.4 Å². The van der Waals surface area contributed by atoms with Gasteiger partial charge in [-0.15, -0.1) is 0 Å². The SMILES string of the molecule is CCNC(=O)C[C@H]1C[C@H]2[C@@H]3CCc4cc(O)ccc4[C@H]3CC[C@]2(C)C1=O. The van der Waals surface area contributed by atoms with Gasteiger partial charge in [0.2, 0.25) is 5.91 Å². The van der Waals surface area contributed by atoms with Crippen molar-refractivity contribution >= 4 is 11.7 Å². The third-order valence-electron chi connectivity index (χ3n) is 7.38. The standard InChI is InChI=1S/C22H29NO3/c1-3-23-20(25)12-14-11-19-18-6-4-13-10-15(24)5-7-16(13)17(18)8-9-22(19,2)21(14)26/h5,7,10,14,17-19,24H,3-4,6,8-9,11-12H2,1-2H3,(H,23,25)/t14-,17-,18-,19+,22+/m1/s1. The number of carbonyl (C=O) groups excluding carboxylic acids is 2. The second-order valence-electron chi connectivity index (χ2n) is 8.71. The van der Waals surface area contributed by atoms with Gasteiger partial charge in [-0.05, 0) is 80.0 Å². The number of amides is 1. The molecule has 0 heterocycles. The van der Waals surface area contributed by atoms with Gasteiger partial charge in [0, 0.05) is 24.3 Å². The maximum atomic E-state index is 13.2. The second kappa shape index (κ2) is 6.40. The predicted molar refractivity (Wildman–Crippen MR) is 99.9 cm³/mol. The number of benzene rings is 1. The van der Waals surface area contributed by atoms with Crippen molar-refractivity contribution in [2.24, 2.45) is 23.2 Å². The van der Waals surface area contributed by atoms with Crippen LogP contribution in [0.2, 0.25) is 0 Å². The molecule has 26 heavy (non-hydrogen) atoms. The van der Waals surface area contributed by atoms with Gasteiger partial charge in [-0.25, -0.2) is 0 Å². The molecule has 4 nitrogen and oxygen atoms in total. The van der Waals surface area contributed by atoms with E-state index in [0.29, 0.717) is 42.3 Å². The molecule has 0 aliphatic heterocycles. The molecule has 0 saturated heterocycles. The lowest BCUT2D eigenvalue weighted by Gasteiger charge is -2.48. The predicted octanol–water partition coefficient (Wildman–Crippen LogP) is 3.57. The number of nitrogens with one attached hydrogen (secondary N) is 1. The number of aromatic hydroxyl groups is 1. The van der Waals surface area contributed by atoms with Crippen molar-refractivity contribution in [3.05, 3.63) is 29.3 Å². The highest BCUT2D eigenvalue weighted by Gasteiger charge is 2.58. The number of Topliss-reactive ketones (excluding diaryl/α,β-unsaturated/α-hetero) is 1. The smallest absolute Gasteiger partial charge is 0.220 e. The highest BCUT2D eigenvalue weighted by Crippen LogP contribution is 2.61. The summed E-state index contributed by atoms with van der Waals surface area (Å²) in [6, 6.07) is 5.80. The van der Waals surface area contributed by atoms with Crippen molar-refractivity contribution in [1.29, 1.82) is 0 Å². The van der Waals surface area contributed by atoms with Gasteiger partial charge in [-0.1, -0.05) is 13.0 Å². The molecule has 4 heteroatoms. The zero-order valence-electron chi connectivity index (χ0n) is 15.8. The molecule has 3 aliphatic rings. The first-order valence-corrected chi connectivity index (χ1v) is 10.1. The number of ketones is 1. The van der Waals surface area contributed by atoms with E-state index in [9.17, 15) is 14.7 Å². The highest BCUT2D eigenvalue weighted by molar-refractivity contribution is 5.93. The van der Waals surface area contributed by atoms with Crippen LogP contribution in [0, 0.1) is 23.2 Å². The van der Waals surface area contributed by atoms with Gasteiger partial charge in [0.15, 0.2) is 0 Å². The fourth-order valence-electron chi connectivity index (χ4n) is 6.18. The molecule has 1 aromatic rings. The van der Waals surface area contributed by atoms with Crippen molar-refractivity contribution in [2.75, 3.05) is 6.54 Å². The van der Waals surface area contributed by atoms with Crippen LogP contribution in [-0.4, -0.2) is 23.3 Å². The van der Waals surface area contributed by atoms with Crippen LogP contribution in [0.4, 0.5) is 0 Å². The van der Waals surface area contributed by atoms with E-state index in [1.54, 1.807) is 6.07 Å². The highest BCUT2D eigenvalue weighted by atomic mass is 16.3. The summed E-state index contributed by atoms with van der Waals surface area (Å²) in [4.78, 5) is 25.2. The summed E-state index contributed by atoms with van der Waals surface area (Å²) in [5.74, 6) is 1.97. The molecular formula is C22H29NO3. The first-order valence-electron chi connectivity index (χ1n) is 10.1. The van der Waals surface area contributed by atoms with Gasteiger partial charge in [0.1, 0.15) is 11.5 Å². The molecule has 2 N–H and O–H groups in total. The molecule has 2 fully saturated rings. The number of carbonyl (C=O) groups is 2. The molecule has 5 atom stereocenters. The number of phenols is 1. The summed E-state index contributed by atoms with van der Waals surface area (Å²) in [6.07, 6.45) is 5.23. The summed E-state index contributed by atoms with van der Waals surface area (Å²) >= 11 is 0. The molecule has 1 aromatic carbocycles. The largest absolute Gasteiger partial charge is 0.508 e. The number of aryl methyl sites for hydroxylation is 1. The number of fused-ring (bicyclic) bond motifs is 5. The van der Waals surface area contributed by atoms with Gasteiger partial charge in [0.05, 0.1) is 0 Å². The second-order valence-corrected chi connectivity index (χ2v) is 8.71. The van der Waals surface area contributed by atoms with Gasteiger partial charge < -0.3 is 10.4 Å². The molecule has 0 radical (unpaired) electrons. The van der Waals surface area contributed by atoms with E-state index in [1.165, 1.54) is 11.1 Å². The van der Waals surface area contributed by atoms with Crippen LogP contribution >= 0.6 is 0 Å². The maximum absolute atomic E-state index is 13.2. The van der Waals surface area contributed by atoms with Crippen LogP contribution in [0.1, 0.15) is 63.0 Å². The van der Waals surface area contributed by atoms with Crippen LogP contribution in [0.15, 0.2) is 18.2 Å². The molecule has 4 rings (SSSR count). The average Bonchev–Trinajstić information content (AvgIpc) is 2.86. The van der Waals surface area contributed by atoms with Crippen molar-refractivity contribution in [2.45, 2.75) is 58.3 Å². The number of hydrogen-bond donors (Lipinski definition) is 2. The molecule has 0 bridgehead atoms. The van der Waals surface area contributed by atoms with E-state index in [0.717, 1.165) is 32.1 Å².